The molecule has 1 N–H and O–H groups in total. The number of aryl methyl sites for hydroxylation is 1. The van der Waals surface area contributed by atoms with Crippen molar-refractivity contribution in [2.24, 2.45) is 0 Å². The van der Waals surface area contributed by atoms with Gasteiger partial charge in [-0.2, -0.15) is 0 Å². The van der Waals surface area contributed by atoms with E-state index < -0.39 is 0 Å². The van der Waals surface area contributed by atoms with E-state index in [0.29, 0.717) is 31.3 Å². The van der Waals surface area contributed by atoms with Crippen molar-refractivity contribution in [3.05, 3.63) is 70.3 Å². The summed E-state index contributed by atoms with van der Waals surface area (Å²) in [6, 6.07) is 14.3. The van der Waals surface area contributed by atoms with Crippen molar-refractivity contribution < 1.29 is 5.11 Å². The molecule has 1 atom stereocenters. The lowest BCUT2D eigenvalue weighted by Gasteiger charge is -2.28. The first-order valence-electron chi connectivity index (χ1n) is 8.75. The Morgan fingerprint density at radius 2 is 2.00 bits per heavy atom. The van der Waals surface area contributed by atoms with Gasteiger partial charge in [0.2, 0.25) is 0 Å². The third-order valence-corrected chi connectivity index (χ3v) is 5.02. The number of pyridine rings is 1. The molecule has 25 heavy (non-hydrogen) atoms. The van der Waals surface area contributed by atoms with Crippen molar-refractivity contribution in [1.82, 2.24) is 19.1 Å². The monoisotopic (exact) mass is 338 g/mol. The number of hydrogen-bond donors (Lipinski definition) is 1. The molecule has 0 bridgehead atoms. The maximum atomic E-state index is 12.4. The fourth-order valence-corrected chi connectivity index (χ4v) is 3.80. The van der Waals surface area contributed by atoms with Gasteiger partial charge >= 0.3 is 5.69 Å². The van der Waals surface area contributed by atoms with Gasteiger partial charge in [-0.15, -0.1) is 5.10 Å². The van der Waals surface area contributed by atoms with Gasteiger partial charge in [0.05, 0.1) is 13.2 Å². The molecule has 4 rings (SSSR count). The van der Waals surface area contributed by atoms with Crippen LogP contribution in [0.1, 0.15) is 23.6 Å². The zero-order chi connectivity index (χ0) is 17.2. The van der Waals surface area contributed by atoms with Gasteiger partial charge in [-0.3, -0.25) is 9.30 Å². The van der Waals surface area contributed by atoms with E-state index in [9.17, 15) is 9.90 Å². The number of hydrogen-bond acceptors (Lipinski definition) is 4. The smallest absolute Gasteiger partial charge is 0.350 e. The van der Waals surface area contributed by atoms with E-state index in [1.165, 1.54) is 15.8 Å². The van der Waals surface area contributed by atoms with E-state index in [2.05, 4.69) is 34.3 Å². The molecule has 1 unspecified atom stereocenters. The first-order valence-corrected chi connectivity index (χ1v) is 8.75. The topological polar surface area (TPSA) is 62.8 Å². The number of nitrogens with zero attached hydrogens (tertiary/aromatic N) is 4. The standard InChI is InChI=1S/C19H22N4O2/c24-14-13-21(17-9-8-15-5-1-2-6-16(15)17)11-12-23-19(25)22-10-4-3-7-18(22)20-23/h1-7,10,17,24H,8-9,11-14H2. The van der Waals surface area contributed by atoms with Gasteiger partial charge in [0, 0.05) is 25.3 Å². The molecule has 6 heteroatoms. The SMILES string of the molecule is O=c1n(CCN(CCO)C2CCc3ccccc32)nc2ccccn12. The Bertz CT molecular complexity index is 930. The number of aliphatic hydroxyl groups is 1. The van der Waals surface area contributed by atoms with Crippen molar-refractivity contribution in [3.8, 4) is 0 Å². The fourth-order valence-electron chi connectivity index (χ4n) is 3.80. The van der Waals surface area contributed by atoms with Gasteiger partial charge in [-0.25, -0.2) is 9.48 Å². The Morgan fingerprint density at radius 3 is 2.84 bits per heavy atom. The minimum atomic E-state index is -0.119. The number of benzene rings is 1. The molecule has 130 valence electrons. The zero-order valence-corrected chi connectivity index (χ0v) is 14.1. The molecule has 2 heterocycles. The third-order valence-electron chi connectivity index (χ3n) is 5.02. The first kappa shape index (κ1) is 16.1. The molecular weight excluding hydrogens is 316 g/mol. The van der Waals surface area contributed by atoms with Crippen LogP contribution in [0.25, 0.3) is 5.65 Å². The molecule has 3 aromatic rings. The second-order valence-electron chi connectivity index (χ2n) is 6.45. The van der Waals surface area contributed by atoms with E-state index in [1.54, 1.807) is 10.6 Å². The molecule has 0 spiro atoms. The molecule has 1 aliphatic rings. The Morgan fingerprint density at radius 1 is 1.16 bits per heavy atom. The number of fused-ring (bicyclic) bond motifs is 2. The molecule has 0 saturated heterocycles. The van der Waals surface area contributed by atoms with Gasteiger partial charge in [0.25, 0.3) is 0 Å². The quantitative estimate of drug-likeness (QED) is 0.739. The fraction of sp³-hybridized carbons (Fsp3) is 0.368. The van der Waals surface area contributed by atoms with Gasteiger partial charge in [0.1, 0.15) is 0 Å². The van der Waals surface area contributed by atoms with Crippen molar-refractivity contribution in [3.63, 3.8) is 0 Å². The van der Waals surface area contributed by atoms with Crippen LogP contribution >= 0.6 is 0 Å². The predicted molar refractivity (Wildman–Crippen MR) is 95.6 cm³/mol. The van der Waals surface area contributed by atoms with Crippen molar-refractivity contribution in [2.75, 3.05) is 19.7 Å². The van der Waals surface area contributed by atoms with Gasteiger partial charge in [-0.05, 0) is 36.1 Å². The van der Waals surface area contributed by atoms with Crippen LogP contribution in [-0.2, 0) is 13.0 Å². The van der Waals surface area contributed by atoms with Crippen LogP contribution in [0.4, 0.5) is 0 Å². The third kappa shape index (κ3) is 2.99. The van der Waals surface area contributed by atoms with Crippen LogP contribution in [0.15, 0.2) is 53.5 Å². The van der Waals surface area contributed by atoms with Gasteiger partial charge in [0.15, 0.2) is 5.65 Å². The summed E-state index contributed by atoms with van der Waals surface area (Å²) in [4.78, 5) is 14.7. The lowest BCUT2D eigenvalue weighted by atomic mass is 10.1. The molecule has 1 aliphatic carbocycles. The average Bonchev–Trinajstić information content (AvgIpc) is 3.21. The molecule has 6 nitrogen and oxygen atoms in total. The summed E-state index contributed by atoms with van der Waals surface area (Å²) in [5.74, 6) is 0. The van der Waals surface area contributed by atoms with E-state index in [-0.39, 0.29) is 12.3 Å². The highest BCUT2D eigenvalue weighted by atomic mass is 16.3. The lowest BCUT2D eigenvalue weighted by molar-refractivity contribution is 0.143. The highest BCUT2D eigenvalue weighted by Gasteiger charge is 2.27. The maximum Gasteiger partial charge on any atom is 0.350 e. The number of aliphatic hydroxyl groups excluding tert-OH is 1. The van der Waals surface area contributed by atoms with Crippen molar-refractivity contribution in [2.45, 2.75) is 25.4 Å². The summed E-state index contributed by atoms with van der Waals surface area (Å²) in [5.41, 5.74) is 3.28. The summed E-state index contributed by atoms with van der Waals surface area (Å²) in [6.45, 7) is 1.91. The lowest BCUT2D eigenvalue weighted by Crippen LogP contribution is -2.35. The second-order valence-corrected chi connectivity index (χ2v) is 6.45. The molecule has 0 radical (unpaired) electrons. The van der Waals surface area contributed by atoms with Gasteiger partial charge in [-0.1, -0.05) is 30.3 Å². The van der Waals surface area contributed by atoms with Crippen LogP contribution in [0.5, 0.6) is 0 Å². The van der Waals surface area contributed by atoms with Crippen LogP contribution in [0.3, 0.4) is 0 Å². The largest absolute Gasteiger partial charge is 0.395 e. The Hall–Kier alpha value is -2.44. The van der Waals surface area contributed by atoms with Crippen molar-refractivity contribution in [1.29, 1.82) is 0 Å². The number of rotatable bonds is 6. The summed E-state index contributed by atoms with van der Waals surface area (Å²) in [5, 5.41) is 13.9. The Kier molecular flexibility index (Phi) is 4.38. The minimum Gasteiger partial charge on any atom is -0.395 e. The van der Waals surface area contributed by atoms with E-state index in [4.69, 9.17) is 0 Å². The number of aromatic nitrogens is 3. The predicted octanol–water partition coefficient (Wildman–Crippen LogP) is 1.48. The van der Waals surface area contributed by atoms with Crippen LogP contribution in [0.2, 0.25) is 0 Å². The molecule has 0 fully saturated rings. The zero-order valence-electron chi connectivity index (χ0n) is 14.1. The summed E-state index contributed by atoms with van der Waals surface area (Å²) >= 11 is 0. The van der Waals surface area contributed by atoms with Crippen LogP contribution in [0, 0.1) is 0 Å². The van der Waals surface area contributed by atoms with Crippen LogP contribution in [-0.4, -0.2) is 43.9 Å². The highest BCUT2D eigenvalue weighted by Crippen LogP contribution is 2.35. The molecular formula is C19H22N4O2. The summed E-state index contributed by atoms with van der Waals surface area (Å²) in [7, 11) is 0. The summed E-state index contributed by atoms with van der Waals surface area (Å²) < 4.78 is 3.07. The minimum absolute atomic E-state index is 0.110. The highest BCUT2D eigenvalue weighted by molar-refractivity contribution is 5.35. The first-order chi connectivity index (χ1) is 12.3. The second kappa shape index (κ2) is 6.82. The van der Waals surface area contributed by atoms with Gasteiger partial charge < -0.3 is 5.11 Å². The Labute approximate surface area is 145 Å². The molecule has 0 saturated carbocycles. The normalized spacial score (nSPS) is 16.6. The molecule has 0 amide bonds. The Balaban J connectivity index is 1.54. The maximum absolute atomic E-state index is 12.4. The van der Waals surface area contributed by atoms with E-state index in [1.807, 2.05) is 18.2 Å². The van der Waals surface area contributed by atoms with Crippen molar-refractivity contribution >= 4 is 5.65 Å². The molecule has 2 aromatic heterocycles. The van der Waals surface area contributed by atoms with Crippen LogP contribution < -0.4 is 5.69 Å². The van der Waals surface area contributed by atoms with E-state index in [0.717, 1.165) is 12.8 Å². The van der Waals surface area contributed by atoms with E-state index >= 15 is 0 Å². The molecule has 0 aliphatic heterocycles. The average molecular weight is 338 g/mol. The summed E-state index contributed by atoms with van der Waals surface area (Å²) in [6.07, 6.45) is 3.86. The molecule has 1 aromatic carbocycles.